The van der Waals surface area contributed by atoms with Crippen LogP contribution < -0.4 is 0 Å². The zero-order valence-corrected chi connectivity index (χ0v) is 18.9. The zero-order chi connectivity index (χ0) is 22.4. The first-order valence-corrected chi connectivity index (χ1v) is 11.8. The van der Waals surface area contributed by atoms with Crippen LogP contribution in [0.3, 0.4) is 0 Å². The minimum absolute atomic E-state index is 0.0138. The summed E-state index contributed by atoms with van der Waals surface area (Å²) in [6.45, 7) is 3.24. The highest BCUT2D eigenvalue weighted by Gasteiger charge is 2.32. The summed E-state index contributed by atoms with van der Waals surface area (Å²) in [5.41, 5.74) is 3.54. The molecule has 1 unspecified atom stereocenters. The third kappa shape index (κ3) is 3.41. The van der Waals surface area contributed by atoms with Crippen LogP contribution in [-0.4, -0.2) is 37.1 Å². The number of nitrogens with zero attached hydrogens (tertiary/aromatic N) is 5. The summed E-state index contributed by atoms with van der Waals surface area (Å²) in [7, 11) is 0. The number of pyridine rings is 1. The van der Waals surface area contributed by atoms with Gasteiger partial charge in [-0.1, -0.05) is 42.5 Å². The molecule has 1 aliphatic rings. The normalized spacial score (nSPS) is 15.5. The summed E-state index contributed by atoms with van der Waals surface area (Å²) in [6, 6.07) is 23.9. The Bertz CT molecular complexity index is 1460. The second kappa shape index (κ2) is 7.94. The largest absolute Gasteiger partial charge is 0.327 e. The number of thiophene rings is 1. The van der Waals surface area contributed by atoms with E-state index >= 15 is 0 Å². The van der Waals surface area contributed by atoms with Crippen molar-refractivity contribution in [2.75, 3.05) is 6.54 Å². The topological polar surface area (TPSA) is 63.9 Å². The Balaban J connectivity index is 1.27. The number of para-hydroxylation sites is 1. The fourth-order valence-corrected chi connectivity index (χ4v) is 5.16. The van der Waals surface area contributed by atoms with Gasteiger partial charge in [-0.2, -0.15) is 0 Å². The summed E-state index contributed by atoms with van der Waals surface area (Å²) in [5, 5.41) is 12.0. The van der Waals surface area contributed by atoms with Crippen LogP contribution in [0, 0.1) is 0 Å². The van der Waals surface area contributed by atoms with E-state index < -0.39 is 0 Å². The molecule has 5 aromatic rings. The van der Waals surface area contributed by atoms with E-state index in [1.54, 1.807) is 11.3 Å². The number of carbonyl (C=O) groups excluding carboxylic acids is 1. The first-order valence-electron chi connectivity index (χ1n) is 10.9. The van der Waals surface area contributed by atoms with Gasteiger partial charge in [0, 0.05) is 28.9 Å². The van der Waals surface area contributed by atoms with Crippen molar-refractivity contribution in [2.45, 2.75) is 19.5 Å². The fourth-order valence-electron chi connectivity index (χ4n) is 4.43. The van der Waals surface area contributed by atoms with Crippen LogP contribution in [0.2, 0.25) is 0 Å². The molecule has 7 heteroatoms. The van der Waals surface area contributed by atoms with Crippen molar-refractivity contribution in [1.29, 1.82) is 0 Å². The van der Waals surface area contributed by atoms with E-state index in [0.29, 0.717) is 18.7 Å². The third-order valence-corrected chi connectivity index (χ3v) is 7.13. The minimum Gasteiger partial charge on any atom is -0.327 e. The van der Waals surface area contributed by atoms with Gasteiger partial charge >= 0.3 is 0 Å². The molecule has 0 spiro atoms. The van der Waals surface area contributed by atoms with E-state index in [1.807, 2.05) is 72.5 Å². The Hall–Kier alpha value is -3.84. The molecule has 4 heterocycles. The van der Waals surface area contributed by atoms with Gasteiger partial charge in [0.15, 0.2) is 11.6 Å². The van der Waals surface area contributed by atoms with Crippen molar-refractivity contribution in [3.63, 3.8) is 0 Å². The molecule has 6 rings (SSSR count). The molecular weight excluding hydrogens is 430 g/mol. The van der Waals surface area contributed by atoms with Crippen molar-refractivity contribution in [1.82, 2.24) is 24.6 Å². The van der Waals surface area contributed by atoms with Crippen molar-refractivity contribution in [3.8, 4) is 22.0 Å². The van der Waals surface area contributed by atoms with E-state index in [0.717, 1.165) is 33.8 Å². The van der Waals surface area contributed by atoms with E-state index in [-0.39, 0.29) is 11.9 Å². The first kappa shape index (κ1) is 19.8. The van der Waals surface area contributed by atoms with Crippen LogP contribution in [-0.2, 0) is 6.54 Å². The highest BCUT2D eigenvalue weighted by molar-refractivity contribution is 7.13. The maximum Gasteiger partial charge on any atom is 0.254 e. The molecule has 0 N–H and O–H groups in total. The van der Waals surface area contributed by atoms with E-state index in [4.69, 9.17) is 4.98 Å². The van der Waals surface area contributed by atoms with Crippen LogP contribution in [0.25, 0.3) is 32.9 Å². The predicted molar refractivity (Wildman–Crippen MR) is 130 cm³/mol. The number of rotatable bonds is 3. The molecule has 33 heavy (non-hydrogen) atoms. The van der Waals surface area contributed by atoms with Crippen molar-refractivity contribution in [2.24, 2.45) is 0 Å². The van der Waals surface area contributed by atoms with Gasteiger partial charge in [-0.15, -0.1) is 21.5 Å². The highest BCUT2D eigenvalue weighted by atomic mass is 32.1. The Labute approximate surface area is 195 Å². The molecule has 0 radical (unpaired) electrons. The highest BCUT2D eigenvalue weighted by Crippen LogP contribution is 2.30. The average molecular weight is 452 g/mol. The minimum atomic E-state index is -0.176. The Morgan fingerprint density at radius 2 is 1.79 bits per heavy atom. The van der Waals surface area contributed by atoms with Crippen LogP contribution in [0.4, 0.5) is 0 Å². The summed E-state index contributed by atoms with van der Waals surface area (Å²) in [4.78, 5) is 21.2. The molecule has 1 amide bonds. The van der Waals surface area contributed by atoms with Gasteiger partial charge < -0.3 is 9.47 Å². The van der Waals surface area contributed by atoms with E-state index in [2.05, 4.69) is 32.3 Å². The van der Waals surface area contributed by atoms with Crippen LogP contribution in [0.15, 0.2) is 78.2 Å². The fraction of sp³-hybridized carbons (Fsp3) is 0.154. The number of fused-ring (bicyclic) bond motifs is 2. The van der Waals surface area contributed by atoms with Crippen molar-refractivity contribution >= 4 is 28.1 Å². The number of hydrogen-bond acceptors (Lipinski definition) is 5. The van der Waals surface area contributed by atoms with Crippen molar-refractivity contribution < 1.29 is 4.79 Å². The molecule has 0 bridgehead atoms. The van der Waals surface area contributed by atoms with Crippen LogP contribution >= 0.6 is 11.3 Å². The monoisotopic (exact) mass is 451 g/mol. The Morgan fingerprint density at radius 3 is 2.61 bits per heavy atom. The average Bonchev–Trinajstić information content (AvgIpc) is 3.55. The number of aromatic nitrogens is 4. The molecule has 1 atom stereocenters. The molecule has 6 nitrogen and oxygen atoms in total. The van der Waals surface area contributed by atoms with Crippen LogP contribution in [0.1, 0.15) is 29.1 Å². The summed E-state index contributed by atoms with van der Waals surface area (Å²) < 4.78 is 2.09. The number of benzene rings is 2. The Morgan fingerprint density at radius 1 is 0.939 bits per heavy atom. The zero-order valence-electron chi connectivity index (χ0n) is 18.0. The van der Waals surface area contributed by atoms with Gasteiger partial charge in [-0.05, 0) is 48.2 Å². The first-order chi connectivity index (χ1) is 16.2. The number of carbonyl (C=O) groups is 1. The lowest BCUT2D eigenvalue weighted by molar-refractivity contribution is 0.0638. The SMILES string of the molecule is CC1c2nnc(-c3ccc4ccccc4n3)n2CCN1C(=O)c1ccc(-c2cccs2)cc1. The standard InChI is InChI=1S/C26H21N5OS/c1-17-24-28-29-25(22-13-12-18-5-2-3-6-21(18)27-22)31(24)15-14-30(17)26(32)20-10-8-19(9-11-20)23-7-4-16-33-23/h2-13,16-17H,14-15H2,1H3. The molecule has 0 aliphatic carbocycles. The predicted octanol–water partition coefficient (Wildman–Crippen LogP) is 5.44. The lowest BCUT2D eigenvalue weighted by Crippen LogP contribution is -2.41. The second-order valence-corrected chi connectivity index (χ2v) is 9.10. The molecule has 162 valence electrons. The van der Waals surface area contributed by atoms with Gasteiger partial charge in [0.05, 0.1) is 11.6 Å². The van der Waals surface area contributed by atoms with Gasteiger partial charge in [0.1, 0.15) is 5.69 Å². The van der Waals surface area contributed by atoms with Crippen LogP contribution in [0.5, 0.6) is 0 Å². The maximum absolute atomic E-state index is 13.3. The van der Waals surface area contributed by atoms with E-state index in [1.165, 1.54) is 4.88 Å². The molecule has 3 aromatic heterocycles. The number of hydrogen-bond donors (Lipinski definition) is 0. The molecular formula is C26H21N5OS. The lowest BCUT2D eigenvalue weighted by Gasteiger charge is -2.33. The summed E-state index contributed by atoms with van der Waals surface area (Å²) >= 11 is 1.69. The number of amides is 1. The quantitative estimate of drug-likeness (QED) is 0.366. The smallest absolute Gasteiger partial charge is 0.254 e. The summed E-state index contributed by atoms with van der Waals surface area (Å²) in [6.07, 6.45) is 0. The Kier molecular flexibility index (Phi) is 4.77. The van der Waals surface area contributed by atoms with E-state index in [9.17, 15) is 4.79 Å². The van der Waals surface area contributed by atoms with Crippen molar-refractivity contribution in [3.05, 3.63) is 89.6 Å². The lowest BCUT2D eigenvalue weighted by atomic mass is 10.1. The molecule has 0 saturated heterocycles. The van der Waals surface area contributed by atoms with Gasteiger partial charge in [-0.3, -0.25) is 4.79 Å². The maximum atomic E-state index is 13.3. The van der Waals surface area contributed by atoms with Gasteiger partial charge in [0.2, 0.25) is 0 Å². The molecule has 0 fully saturated rings. The molecule has 1 aliphatic heterocycles. The second-order valence-electron chi connectivity index (χ2n) is 8.15. The molecule has 2 aromatic carbocycles. The van der Waals surface area contributed by atoms with Gasteiger partial charge in [-0.25, -0.2) is 4.98 Å². The van der Waals surface area contributed by atoms with Gasteiger partial charge in [0.25, 0.3) is 5.91 Å². The third-order valence-electron chi connectivity index (χ3n) is 6.21. The summed E-state index contributed by atoms with van der Waals surface area (Å²) in [5.74, 6) is 1.55. The molecule has 0 saturated carbocycles.